The van der Waals surface area contributed by atoms with Gasteiger partial charge in [-0.25, -0.2) is 0 Å². The second-order valence-corrected chi connectivity index (χ2v) is 6.30. The molecule has 0 spiro atoms. The van der Waals surface area contributed by atoms with E-state index in [9.17, 15) is 5.11 Å². The lowest BCUT2D eigenvalue weighted by Gasteiger charge is -2.18. The molecule has 0 aliphatic heterocycles. The van der Waals surface area contributed by atoms with E-state index >= 15 is 0 Å². The molecule has 0 bridgehead atoms. The van der Waals surface area contributed by atoms with Gasteiger partial charge < -0.3 is 15.3 Å². The molecule has 0 radical (unpaired) electrons. The lowest BCUT2D eigenvalue weighted by molar-refractivity contribution is 0.468. The van der Waals surface area contributed by atoms with Gasteiger partial charge in [0, 0.05) is 25.2 Å². The maximum absolute atomic E-state index is 9.85. The smallest absolute Gasteiger partial charge is 0.275 e. The number of phenolic OH excluding ortho intramolecular Hbond substituents is 1. The summed E-state index contributed by atoms with van der Waals surface area (Å²) in [5.41, 5.74) is 1.82. The Morgan fingerprint density at radius 3 is 2.38 bits per heavy atom. The lowest BCUT2D eigenvalue weighted by Crippen LogP contribution is -2.24. The molecule has 150 valence electrons. The van der Waals surface area contributed by atoms with E-state index in [2.05, 4.69) is 30.5 Å². The fourth-order valence-corrected chi connectivity index (χ4v) is 2.72. The van der Waals surface area contributed by atoms with E-state index in [-0.39, 0.29) is 18.2 Å². The second-order valence-electron chi connectivity index (χ2n) is 6.30. The molecule has 3 rings (SSSR count). The van der Waals surface area contributed by atoms with Crippen LogP contribution in [0.2, 0.25) is 0 Å². The number of hydrogen-bond acceptors (Lipinski definition) is 8. The van der Waals surface area contributed by atoms with Gasteiger partial charge >= 0.3 is 0 Å². The summed E-state index contributed by atoms with van der Waals surface area (Å²) in [6.07, 6.45) is 0. The zero-order valence-electron chi connectivity index (χ0n) is 16.7. The number of benzene rings is 2. The number of rotatable bonds is 9. The highest BCUT2D eigenvalue weighted by atomic mass is 16.3. The van der Waals surface area contributed by atoms with Crippen LogP contribution in [-0.2, 0) is 13.1 Å². The number of aromatic nitrogens is 3. The molecule has 0 fully saturated rings. The van der Waals surface area contributed by atoms with Crippen molar-refractivity contribution in [3.8, 4) is 5.75 Å². The molecule has 2 N–H and O–H groups in total. The van der Waals surface area contributed by atoms with Crippen LogP contribution in [0.1, 0.15) is 25.0 Å². The molecule has 0 saturated carbocycles. The second kappa shape index (κ2) is 10.1. The van der Waals surface area contributed by atoms with E-state index in [1.54, 1.807) is 18.2 Å². The Labute approximate surface area is 170 Å². The molecule has 0 unspecified atom stereocenters. The van der Waals surface area contributed by atoms with E-state index in [0.29, 0.717) is 24.0 Å². The van der Waals surface area contributed by atoms with Crippen molar-refractivity contribution >= 4 is 17.8 Å². The average molecular weight is 391 g/mol. The standard InChI is InChI=1S/C21H25N7O/c1-3-28(4-2)21-25-19(22-14-16-10-6-5-7-11-16)24-20(26-21)27-23-15-17-12-8-9-13-18(17)29/h5-13,29H,3-4,14-15H2,1-2H3,(H,22,24,25,26). The maximum Gasteiger partial charge on any atom is 0.275 e. The Morgan fingerprint density at radius 1 is 0.931 bits per heavy atom. The summed E-state index contributed by atoms with van der Waals surface area (Å²) >= 11 is 0. The number of para-hydroxylation sites is 1. The van der Waals surface area contributed by atoms with Crippen molar-refractivity contribution in [3.63, 3.8) is 0 Å². The summed E-state index contributed by atoms with van der Waals surface area (Å²) in [7, 11) is 0. The molecule has 0 aliphatic rings. The van der Waals surface area contributed by atoms with E-state index < -0.39 is 0 Å². The van der Waals surface area contributed by atoms with Crippen molar-refractivity contribution in [1.29, 1.82) is 0 Å². The largest absolute Gasteiger partial charge is 0.508 e. The van der Waals surface area contributed by atoms with Crippen LogP contribution in [-0.4, -0.2) is 33.1 Å². The number of aromatic hydroxyl groups is 1. The molecular formula is C21H25N7O. The van der Waals surface area contributed by atoms with Crippen LogP contribution in [0.3, 0.4) is 0 Å². The van der Waals surface area contributed by atoms with Crippen molar-refractivity contribution in [2.24, 2.45) is 10.2 Å². The van der Waals surface area contributed by atoms with Crippen LogP contribution < -0.4 is 10.2 Å². The molecular weight excluding hydrogens is 366 g/mol. The van der Waals surface area contributed by atoms with Gasteiger partial charge in [-0.05, 0) is 25.5 Å². The monoisotopic (exact) mass is 391 g/mol. The summed E-state index contributed by atoms with van der Waals surface area (Å²) in [5, 5.41) is 21.4. The third kappa shape index (κ3) is 5.71. The van der Waals surface area contributed by atoms with E-state index in [4.69, 9.17) is 0 Å². The molecule has 2 aromatic carbocycles. The first kappa shape index (κ1) is 20.2. The zero-order chi connectivity index (χ0) is 20.5. The highest BCUT2D eigenvalue weighted by Crippen LogP contribution is 2.19. The minimum atomic E-state index is 0.191. The van der Waals surface area contributed by atoms with Crippen molar-refractivity contribution in [2.75, 3.05) is 23.3 Å². The van der Waals surface area contributed by atoms with Gasteiger partial charge in [0.2, 0.25) is 11.9 Å². The molecule has 1 heterocycles. The first-order chi connectivity index (χ1) is 14.2. The molecule has 0 saturated heterocycles. The third-order valence-corrected chi connectivity index (χ3v) is 4.34. The van der Waals surface area contributed by atoms with Crippen LogP contribution in [0.25, 0.3) is 0 Å². The summed E-state index contributed by atoms with van der Waals surface area (Å²) in [6.45, 7) is 6.47. The van der Waals surface area contributed by atoms with E-state index in [0.717, 1.165) is 18.7 Å². The van der Waals surface area contributed by atoms with Crippen molar-refractivity contribution < 1.29 is 5.11 Å². The van der Waals surface area contributed by atoms with E-state index in [1.165, 1.54) is 0 Å². The maximum atomic E-state index is 9.85. The molecule has 8 heteroatoms. The number of azo groups is 1. The minimum Gasteiger partial charge on any atom is -0.508 e. The van der Waals surface area contributed by atoms with Gasteiger partial charge in [0.15, 0.2) is 0 Å². The predicted molar refractivity (Wildman–Crippen MR) is 113 cm³/mol. The Balaban J connectivity index is 1.79. The summed E-state index contributed by atoms with van der Waals surface area (Å²) in [6, 6.07) is 17.1. The van der Waals surface area contributed by atoms with Crippen LogP contribution in [0.15, 0.2) is 64.8 Å². The quantitative estimate of drug-likeness (QED) is 0.527. The van der Waals surface area contributed by atoms with Gasteiger partial charge in [-0.3, -0.25) is 0 Å². The van der Waals surface area contributed by atoms with Crippen molar-refractivity contribution in [2.45, 2.75) is 26.9 Å². The Morgan fingerprint density at radius 2 is 1.66 bits per heavy atom. The van der Waals surface area contributed by atoms with Crippen LogP contribution in [0.4, 0.5) is 17.8 Å². The molecule has 0 aliphatic carbocycles. The molecule has 0 amide bonds. The Bertz CT molecular complexity index is 943. The minimum absolute atomic E-state index is 0.191. The number of anilines is 2. The average Bonchev–Trinajstić information content (AvgIpc) is 2.75. The van der Waals surface area contributed by atoms with Gasteiger partial charge in [-0.1, -0.05) is 48.5 Å². The van der Waals surface area contributed by atoms with Crippen LogP contribution in [0, 0.1) is 0 Å². The Kier molecular flexibility index (Phi) is 7.05. The lowest BCUT2D eigenvalue weighted by atomic mass is 10.2. The van der Waals surface area contributed by atoms with Crippen LogP contribution >= 0.6 is 0 Å². The summed E-state index contributed by atoms with van der Waals surface area (Å²) in [5.74, 6) is 1.42. The predicted octanol–water partition coefficient (Wildman–Crippen LogP) is 4.32. The fourth-order valence-electron chi connectivity index (χ4n) is 2.72. The van der Waals surface area contributed by atoms with E-state index in [1.807, 2.05) is 55.1 Å². The van der Waals surface area contributed by atoms with Crippen molar-refractivity contribution in [3.05, 3.63) is 65.7 Å². The van der Waals surface area contributed by atoms with Crippen molar-refractivity contribution in [1.82, 2.24) is 15.0 Å². The van der Waals surface area contributed by atoms with Crippen LogP contribution in [0.5, 0.6) is 5.75 Å². The van der Waals surface area contributed by atoms with Gasteiger partial charge in [-0.15, -0.1) is 5.11 Å². The molecule has 0 atom stereocenters. The molecule has 29 heavy (non-hydrogen) atoms. The van der Waals surface area contributed by atoms with Gasteiger partial charge in [0.05, 0.1) is 6.54 Å². The first-order valence-electron chi connectivity index (χ1n) is 9.62. The molecule has 3 aromatic rings. The third-order valence-electron chi connectivity index (χ3n) is 4.34. The SMILES string of the molecule is CCN(CC)c1nc(N=NCc2ccccc2O)nc(NCc2ccccc2)n1. The Hall–Kier alpha value is -3.55. The van der Waals surface area contributed by atoms with Gasteiger partial charge in [0.25, 0.3) is 5.95 Å². The van der Waals surface area contributed by atoms with Gasteiger partial charge in [0.1, 0.15) is 5.75 Å². The normalized spacial score (nSPS) is 11.0. The van der Waals surface area contributed by atoms with Gasteiger partial charge in [-0.2, -0.15) is 20.1 Å². The fraction of sp³-hybridized carbons (Fsp3) is 0.286. The topological polar surface area (TPSA) is 98.9 Å². The molecule has 1 aromatic heterocycles. The first-order valence-corrected chi connectivity index (χ1v) is 9.62. The number of nitrogens with zero attached hydrogens (tertiary/aromatic N) is 6. The summed E-state index contributed by atoms with van der Waals surface area (Å²) in [4.78, 5) is 15.3. The molecule has 8 nitrogen and oxygen atoms in total. The highest BCUT2D eigenvalue weighted by Gasteiger charge is 2.11. The zero-order valence-corrected chi connectivity index (χ0v) is 16.7. The number of nitrogens with one attached hydrogen (secondary N) is 1. The summed E-state index contributed by atoms with van der Waals surface area (Å²) < 4.78 is 0. The number of phenols is 1. The number of hydrogen-bond donors (Lipinski definition) is 2. The highest BCUT2D eigenvalue weighted by molar-refractivity contribution is 5.42.